The summed E-state index contributed by atoms with van der Waals surface area (Å²) in [5.41, 5.74) is 0.204. The third kappa shape index (κ3) is 1.49. The molecule has 2 heterocycles. The van der Waals surface area contributed by atoms with Crippen LogP contribution in [0.4, 0.5) is 0 Å². The van der Waals surface area contributed by atoms with E-state index >= 15 is 0 Å². The summed E-state index contributed by atoms with van der Waals surface area (Å²) in [6.07, 6.45) is 2.86. The Bertz CT molecular complexity index is 432. The van der Waals surface area contributed by atoms with Crippen molar-refractivity contribution in [3.63, 3.8) is 0 Å². The lowest BCUT2D eigenvalue weighted by atomic mass is 10.4. The molecule has 6 heteroatoms. The van der Waals surface area contributed by atoms with Crippen LogP contribution in [0.2, 0.25) is 0 Å². The first-order valence-corrected chi connectivity index (χ1v) is 3.91. The number of aromatic carboxylic acids is 1. The largest absolute Gasteiger partial charge is 0.477 e. The number of carboxylic acid groups (broad SMARTS) is 1. The first kappa shape index (κ1) is 8.49. The highest BCUT2D eigenvalue weighted by molar-refractivity contribution is 5.85. The van der Waals surface area contributed by atoms with Gasteiger partial charge in [0, 0.05) is 6.20 Å². The van der Waals surface area contributed by atoms with Gasteiger partial charge in [0.2, 0.25) is 6.39 Å². The number of hydrogen-bond donors (Lipinski definition) is 1. The maximum absolute atomic E-state index is 10.7. The van der Waals surface area contributed by atoms with Crippen LogP contribution in [0.5, 0.6) is 0 Å². The predicted octanol–water partition coefficient (Wildman–Crippen LogP) is 0.618. The van der Waals surface area contributed by atoms with Crippen LogP contribution in [-0.2, 0) is 6.54 Å². The fraction of sp³-hybridized carbons (Fsp3) is 0.125. The Kier molecular flexibility index (Phi) is 2.02. The van der Waals surface area contributed by atoms with Crippen molar-refractivity contribution in [2.24, 2.45) is 0 Å². The molecule has 0 aromatic carbocycles. The highest BCUT2D eigenvalue weighted by atomic mass is 16.5. The summed E-state index contributed by atoms with van der Waals surface area (Å²) in [4.78, 5) is 14.5. The van der Waals surface area contributed by atoms with Crippen LogP contribution >= 0.6 is 0 Å². The third-order valence-electron chi connectivity index (χ3n) is 1.77. The second-order valence-electron chi connectivity index (χ2n) is 2.67. The Labute approximate surface area is 78.8 Å². The molecule has 0 unspecified atom stereocenters. The van der Waals surface area contributed by atoms with Crippen LogP contribution in [0.1, 0.15) is 16.3 Å². The number of nitrogens with zero attached hydrogens (tertiary/aromatic N) is 3. The monoisotopic (exact) mass is 193 g/mol. The van der Waals surface area contributed by atoms with Gasteiger partial charge in [0.25, 0.3) is 0 Å². The fourth-order valence-corrected chi connectivity index (χ4v) is 1.16. The lowest BCUT2D eigenvalue weighted by Gasteiger charge is -2.01. The average molecular weight is 193 g/mol. The van der Waals surface area contributed by atoms with Gasteiger partial charge in [-0.25, -0.2) is 4.79 Å². The molecule has 0 atom stereocenters. The van der Waals surface area contributed by atoms with Gasteiger partial charge in [0.05, 0.1) is 6.54 Å². The molecule has 0 fully saturated rings. The van der Waals surface area contributed by atoms with E-state index in [0.29, 0.717) is 12.4 Å². The molecule has 0 radical (unpaired) electrons. The molecule has 0 spiro atoms. The number of rotatable bonds is 3. The van der Waals surface area contributed by atoms with Crippen molar-refractivity contribution >= 4 is 5.97 Å². The molecule has 2 aromatic rings. The van der Waals surface area contributed by atoms with Crippen LogP contribution in [0, 0.1) is 0 Å². The zero-order valence-electron chi connectivity index (χ0n) is 7.12. The number of aromatic nitrogens is 3. The van der Waals surface area contributed by atoms with Gasteiger partial charge < -0.3 is 14.2 Å². The molecule has 0 aliphatic carbocycles. The molecular weight excluding hydrogens is 186 g/mol. The van der Waals surface area contributed by atoms with E-state index in [0.717, 1.165) is 0 Å². The van der Waals surface area contributed by atoms with E-state index in [1.165, 1.54) is 17.0 Å². The zero-order chi connectivity index (χ0) is 9.97. The average Bonchev–Trinajstić information content (AvgIpc) is 2.75. The Morgan fingerprint density at radius 1 is 1.64 bits per heavy atom. The van der Waals surface area contributed by atoms with Crippen LogP contribution in [0.25, 0.3) is 0 Å². The third-order valence-corrected chi connectivity index (χ3v) is 1.77. The molecule has 1 N–H and O–H groups in total. The first-order valence-electron chi connectivity index (χ1n) is 3.91. The van der Waals surface area contributed by atoms with Crippen molar-refractivity contribution < 1.29 is 14.4 Å². The van der Waals surface area contributed by atoms with Crippen LogP contribution < -0.4 is 0 Å². The van der Waals surface area contributed by atoms with Gasteiger partial charge in [0.1, 0.15) is 5.69 Å². The van der Waals surface area contributed by atoms with Gasteiger partial charge >= 0.3 is 5.97 Å². The summed E-state index contributed by atoms with van der Waals surface area (Å²) >= 11 is 0. The van der Waals surface area contributed by atoms with Crippen molar-refractivity contribution in [1.29, 1.82) is 0 Å². The first-order chi connectivity index (χ1) is 6.77. The Morgan fingerprint density at radius 3 is 3.14 bits per heavy atom. The van der Waals surface area contributed by atoms with E-state index in [1.54, 1.807) is 12.3 Å². The van der Waals surface area contributed by atoms with E-state index in [-0.39, 0.29) is 5.69 Å². The van der Waals surface area contributed by atoms with Gasteiger partial charge in [-0.2, -0.15) is 4.98 Å². The van der Waals surface area contributed by atoms with Crippen molar-refractivity contribution in [1.82, 2.24) is 14.7 Å². The van der Waals surface area contributed by atoms with Crippen LogP contribution in [0.15, 0.2) is 29.2 Å². The predicted molar refractivity (Wildman–Crippen MR) is 44.8 cm³/mol. The van der Waals surface area contributed by atoms with Gasteiger partial charge in [-0.1, -0.05) is 5.16 Å². The summed E-state index contributed by atoms with van der Waals surface area (Å²) in [5, 5.41) is 12.4. The maximum Gasteiger partial charge on any atom is 0.352 e. The summed E-state index contributed by atoms with van der Waals surface area (Å²) in [7, 11) is 0. The Hall–Kier alpha value is -2.11. The van der Waals surface area contributed by atoms with Crippen molar-refractivity contribution in [2.75, 3.05) is 0 Å². The second-order valence-corrected chi connectivity index (χ2v) is 2.67. The summed E-state index contributed by atoms with van der Waals surface area (Å²) < 4.78 is 6.08. The molecule has 6 nitrogen and oxygen atoms in total. The number of carboxylic acids is 1. The van der Waals surface area contributed by atoms with Crippen molar-refractivity contribution in [3.8, 4) is 0 Å². The van der Waals surface area contributed by atoms with Gasteiger partial charge in [-0.05, 0) is 12.1 Å². The van der Waals surface area contributed by atoms with Gasteiger partial charge in [-0.3, -0.25) is 0 Å². The van der Waals surface area contributed by atoms with E-state index in [9.17, 15) is 4.79 Å². The smallest absolute Gasteiger partial charge is 0.352 e. The summed E-state index contributed by atoms with van der Waals surface area (Å²) in [6, 6.07) is 3.17. The molecule has 0 amide bonds. The molecule has 0 saturated carbocycles. The SMILES string of the molecule is O=C(O)c1cccn1Cc1ncon1. The van der Waals surface area contributed by atoms with Crippen molar-refractivity contribution in [2.45, 2.75) is 6.54 Å². The van der Waals surface area contributed by atoms with E-state index in [2.05, 4.69) is 14.7 Å². The van der Waals surface area contributed by atoms with E-state index in [1.807, 2.05) is 0 Å². The topological polar surface area (TPSA) is 81.1 Å². The number of carbonyl (C=O) groups is 1. The summed E-state index contributed by atoms with van der Waals surface area (Å²) in [5.74, 6) is -0.526. The maximum atomic E-state index is 10.7. The molecule has 0 aliphatic rings. The molecule has 14 heavy (non-hydrogen) atoms. The standard InChI is InChI=1S/C8H7N3O3/c12-8(13)6-2-1-3-11(6)4-7-9-5-14-10-7/h1-3,5H,4H2,(H,12,13). The lowest BCUT2D eigenvalue weighted by Crippen LogP contribution is -2.09. The zero-order valence-corrected chi connectivity index (χ0v) is 7.12. The van der Waals surface area contributed by atoms with E-state index in [4.69, 9.17) is 5.11 Å². The van der Waals surface area contributed by atoms with Crippen molar-refractivity contribution in [3.05, 3.63) is 36.2 Å². The van der Waals surface area contributed by atoms with Crippen LogP contribution in [0.3, 0.4) is 0 Å². The normalized spacial score (nSPS) is 10.3. The Balaban J connectivity index is 2.25. The highest BCUT2D eigenvalue weighted by Gasteiger charge is 2.09. The molecule has 72 valence electrons. The van der Waals surface area contributed by atoms with E-state index < -0.39 is 5.97 Å². The quantitative estimate of drug-likeness (QED) is 0.772. The fourth-order valence-electron chi connectivity index (χ4n) is 1.16. The minimum absolute atomic E-state index is 0.204. The Morgan fingerprint density at radius 2 is 2.50 bits per heavy atom. The molecular formula is C8H7N3O3. The lowest BCUT2D eigenvalue weighted by molar-refractivity contribution is 0.0685. The molecule has 0 saturated heterocycles. The van der Waals surface area contributed by atoms with Gasteiger partial charge in [-0.15, -0.1) is 0 Å². The minimum Gasteiger partial charge on any atom is -0.477 e. The van der Waals surface area contributed by atoms with Gasteiger partial charge in [0.15, 0.2) is 5.82 Å². The molecule has 0 bridgehead atoms. The molecule has 2 rings (SSSR count). The second kappa shape index (κ2) is 3.33. The highest BCUT2D eigenvalue weighted by Crippen LogP contribution is 2.04. The van der Waals surface area contributed by atoms with Crippen LogP contribution in [-0.4, -0.2) is 25.8 Å². The number of hydrogen-bond acceptors (Lipinski definition) is 4. The minimum atomic E-state index is -0.974. The summed E-state index contributed by atoms with van der Waals surface area (Å²) in [6.45, 7) is 0.297. The molecule has 0 aliphatic heterocycles. The molecule has 2 aromatic heterocycles.